The van der Waals surface area contributed by atoms with E-state index in [1.165, 1.54) is 38.1 Å². The largest absolute Gasteiger partial charge is 0.379 e. The third-order valence-electron chi connectivity index (χ3n) is 2.86. The lowest BCUT2D eigenvalue weighted by atomic mass is 10.1. The summed E-state index contributed by atoms with van der Waals surface area (Å²) in [5.41, 5.74) is 0.551. The Morgan fingerprint density at radius 1 is 1.14 bits per heavy atom. The van der Waals surface area contributed by atoms with E-state index in [1.807, 2.05) is 0 Å². The molecule has 0 aliphatic carbocycles. The highest BCUT2D eigenvalue weighted by molar-refractivity contribution is 7.87. The van der Waals surface area contributed by atoms with Gasteiger partial charge in [0.2, 0.25) is 0 Å². The molecule has 0 spiro atoms. The second-order valence-corrected chi connectivity index (χ2v) is 6.08. The topological polar surface area (TPSA) is 60.4 Å². The number of carbonyl (C=O) groups excluding carboxylic acids is 1. The molecule has 0 fully saturated rings. The van der Waals surface area contributed by atoms with Gasteiger partial charge < -0.3 is 4.18 Å². The van der Waals surface area contributed by atoms with Crippen molar-refractivity contribution < 1.29 is 21.8 Å². The summed E-state index contributed by atoms with van der Waals surface area (Å²) < 4.78 is 42.4. The number of ketones is 1. The van der Waals surface area contributed by atoms with Gasteiger partial charge in [0.25, 0.3) is 0 Å². The van der Waals surface area contributed by atoms with Crippen molar-refractivity contribution in [3.8, 4) is 5.75 Å². The second-order valence-electron chi connectivity index (χ2n) is 4.53. The molecule has 2 aromatic rings. The fraction of sp³-hybridized carbons (Fsp3) is 0.133. The van der Waals surface area contributed by atoms with Crippen molar-refractivity contribution in [3.05, 3.63) is 59.4 Å². The molecular formula is C15H13FO4S. The van der Waals surface area contributed by atoms with Gasteiger partial charge in [-0.05, 0) is 49.7 Å². The number of hydrogen-bond acceptors (Lipinski definition) is 4. The van der Waals surface area contributed by atoms with Crippen molar-refractivity contribution in [1.29, 1.82) is 0 Å². The average Bonchev–Trinajstić information content (AvgIpc) is 2.41. The molecule has 0 N–H and O–H groups in total. The zero-order valence-electron chi connectivity index (χ0n) is 11.5. The molecule has 0 aliphatic rings. The van der Waals surface area contributed by atoms with Crippen molar-refractivity contribution in [2.24, 2.45) is 0 Å². The minimum atomic E-state index is -4.07. The minimum absolute atomic E-state index is 0.0321. The van der Waals surface area contributed by atoms with Gasteiger partial charge in [0.05, 0.1) is 0 Å². The summed E-state index contributed by atoms with van der Waals surface area (Å²) >= 11 is 0. The standard InChI is InChI=1S/C15H13FO4S/c1-10-8-14(6-7-15(10)16)21(18,19)20-13-5-3-4-12(9-13)11(2)17/h3-9H,1-2H3. The van der Waals surface area contributed by atoms with E-state index in [9.17, 15) is 17.6 Å². The second kappa shape index (κ2) is 5.65. The van der Waals surface area contributed by atoms with Gasteiger partial charge in [-0.25, -0.2) is 4.39 Å². The Bertz CT molecular complexity index is 797. The number of benzene rings is 2. The smallest absolute Gasteiger partial charge is 0.339 e. The predicted molar refractivity (Wildman–Crippen MR) is 75.4 cm³/mol. The lowest BCUT2D eigenvalue weighted by Crippen LogP contribution is -2.10. The normalized spacial score (nSPS) is 11.2. The number of Topliss-reactive ketones (excluding diaryl/α,β-unsaturated/α-hetero) is 1. The first-order chi connectivity index (χ1) is 9.79. The van der Waals surface area contributed by atoms with Gasteiger partial charge in [-0.2, -0.15) is 8.42 Å². The van der Waals surface area contributed by atoms with Crippen molar-refractivity contribution >= 4 is 15.9 Å². The molecule has 0 aromatic heterocycles. The third-order valence-corrected chi connectivity index (χ3v) is 4.11. The number of hydrogen-bond donors (Lipinski definition) is 0. The van der Waals surface area contributed by atoms with Gasteiger partial charge in [0.15, 0.2) is 5.78 Å². The molecule has 6 heteroatoms. The SMILES string of the molecule is CC(=O)c1cccc(OS(=O)(=O)c2ccc(F)c(C)c2)c1. The van der Waals surface area contributed by atoms with Gasteiger partial charge in [-0.1, -0.05) is 12.1 Å². The van der Waals surface area contributed by atoms with Crippen LogP contribution in [0.3, 0.4) is 0 Å². The van der Waals surface area contributed by atoms with Gasteiger partial charge in [0.1, 0.15) is 16.5 Å². The fourth-order valence-electron chi connectivity index (χ4n) is 1.71. The molecule has 2 aromatic carbocycles. The summed E-state index contributed by atoms with van der Waals surface area (Å²) in [5, 5.41) is 0. The first-order valence-electron chi connectivity index (χ1n) is 6.11. The van der Waals surface area contributed by atoms with E-state index in [2.05, 4.69) is 0 Å². The van der Waals surface area contributed by atoms with E-state index in [0.29, 0.717) is 5.56 Å². The molecule has 110 valence electrons. The molecule has 0 amide bonds. The Balaban J connectivity index is 2.35. The van der Waals surface area contributed by atoms with Crippen LogP contribution in [0.2, 0.25) is 0 Å². The van der Waals surface area contributed by atoms with Gasteiger partial charge in [-0.15, -0.1) is 0 Å². The zero-order chi connectivity index (χ0) is 15.6. The van der Waals surface area contributed by atoms with Crippen molar-refractivity contribution in [3.63, 3.8) is 0 Å². The summed E-state index contributed by atoms with van der Waals surface area (Å²) in [5.74, 6) is -0.660. The van der Waals surface area contributed by atoms with E-state index >= 15 is 0 Å². The number of carbonyl (C=O) groups is 1. The predicted octanol–water partition coefficient (Wildman–Crippen LogP) is 3.10. The molecule has 21 heavy (non-hydrogen) atoms. The highest BCUT2D eigenvalue weighted by atomic mass is 32.2. The molecule has 0 saturated heterocycles. The number of aryl methyl sites for hydroxylation is 1. The third kappa shape index (κ3) is 3.46. The van der Waals surface area contributed by atoms with Crippen LogP contribution < -0.4 is 4.18 Å². The van der Waals surface area contributed by atoms with Crippen LogP contribution in [0.4, 0.5) is 4.39 Å². The van der Waals surface area contributed by atoms with Crippen molar-refractivity contribution in [1.82, 2.24) is 0 Å². The molecule has 0 radical (unpaired) electrons. The van der Waals surface area contributed by atoms with Crippen LogP contribution in [0.25, 0.3) is 0 Å². The maximum atomic E-state index is 13.2. The lowest BCUT2D eigenvalue weighted by Gasteiger charge is -2.08. The quantitative estimate of drug-likeness (QED) is 0.643. The Hall–Kier alpha value is -2.21. The van der Waals surface area contributed by atoms with E-state index in [0.717, 1.165) is 12.1 Å². The van der Waals surface area contributed by atoms with Crippen LogP contribution in [-0.4, -0.2) is 14.2 Å². The highest BCUT2D eigenvalue weighted by Gasteiger charge is 2.18. The summed E-state index contributed by atoms with van der Waals surface area (Å²) in [7, 11) is -4.07. The number of rotatable bonds is 4. The maximum Gasteiger partial charge on any atom is 0.339 e. The molecule has 0 saturated carbocycles. The van der Waals surface area contributed by atoms with E-state index in [1.54, 1.807) is 6.07 Å². The van der Waals surface area contributed by atoms with Crippen molar-refractivity contribution in [2.75, 3.05) is 0 Å². The summed E-state index contributed by atoms with van der Waals surface area (Å²) in [6, 6.07) is 9.25. The Morgan fingerprint density at radius 3 is 2.48 bits per heavy atom. The van der Waals surface area contributed by atoms with Gasteiger partial charge >= 0.3 is 10.1 Å². The van der Waals surface area contributed by atoms with E-state index < -0.39 is 15.9 Å². The number of halogens is 1. The molecule has 4 nitrogen and oxygen atoms in total. The summed E-state index contributed by atoms with van der Waals surface area (Å²) in [6.45, 7) is 2.83. The monoisotopic (exact) mass is 308 g/mol. The van der Waals surface area contributed by atoms with Crippen molar-refractivity contribution in [2.45, 2.75) is 18.7 Å². The lowest BCUT2D eigenvalue weighted by molar-refractivity contribution is 0.101. The van der Waals surface area contributed by atoms with E-state index in [4.69, 9.17) is 4.18 Å². The molecule has 0 heterocycles. The highest BCUT2D eigenvalue weighted by Crippen LogP contribution is 2.21. The van der Waals surface area contributed by atoms with Crippen LogP contribution in [-0.2, 0) is 10.1 Å². The van der Waals surface area contributed by atoms with Crippen LogP contribution in [0, 0.1) is 12.7 Å². The maximum absolute atomic E-state index is 13.2. The molecule has 2 rings (SSSR count). The molecule has 0 unspecified atom stereocenters. The van der Waals surface area contributed by atoms with Gasteiger partial charge in [-0.3, -0.25) is 4.79 Å². The molecule has 0 aliphatic heterocycles. The van der Waals surface area contributed by atoms with Crippen LogP contribution in [0.1, 0.15) is 22.8 Å². The molecular weight excluding hydrogens is 295 g/mol. The zero-order valence-corrected chi connectivity index (χ0v) is 12.3. The van der Waals surface area contributed by atoms with E-state index in [-0.39, 0.29) is 22.0 Å². The average molecular weight is 308 g/mol. The summed E-state index contributed by atoms with van der Waals surface area (Å²) in [4.78, 5) is 11.1. The minimum Gasteiger partial charge on any atom is -0.379 e. The Kier molecular flexibility index (Phi) is 4.09. The van der Waals surface area contributed by atoms with Gasteiger partial charge in [0, 0.05) is 5.56 Å². The Labute approximate surface area is 122 Å². The first kappa shape index (κ1) is 15.2. The molecule has 0 atom stereocenters. The van der Waals surface area contributed by atoms with Crippen LogP contribution >= 0.6 is 0 Å². The fourth-order valence-corrected chi connectivity index (χ4v) is 2.72. The Morgan fingerprint density at radius 2 is 1.86 bits per heavy atom. The molecule has 0 bridgehead atoms. The summed E-state index contributed by atoms with van der Waals surface area (Å²) in [6.07, 6.45) is 0. The van der Waals surface area contributed by atoms with Crippen LogP contribution in [0.15, 0.2) is 47.4 Å². The van der Waals surface area contributed by atoms with Crippen LogP contribution in [0.5, 0.6) is 5.75 Å². The first-order valence-corrected chi connectivity index (χ1v) is 7.52.